The van der Waals surface area contributed by atoms with E-state index >= 15 is 0 Å². The van der Waals surface area contributed by atoms with Crippen molar-refractivity contribution in [1.29, 1.82) is 0 Å². The predicted octanol–water partition coefficient (Wildman–Crippen LogP) is 3.34. The number of ether oxygens (including phenoxy) is 1. The molecule has 0 amide bonds. The molecule has 0 bridgehead atoms. The molecule has 1 heterocycles. The van der Waals surface area contributed by atoms with Crippen molar-refractivity contribution in [2.45, 2.75) is 18.8 Å². The number of methoxy groups -OCH3 is 1. The highest BCUT2D eigenvalue weighted by Crippen LogP contribution is 2.32. The topological polar surface area (TPSA) is 46.5 Å². The molecule has 1 aromatic carbocycles. The van der Waals surface area contributed by atoms with Crippen molar-refractivity contribution in [2.75, 3.05) is 7.11 Å². The predicted molar refractivity (Wildman–Crippen MR) is 76.0 cm³/mol. The van der Waals surface area contributed by atoms with Gasteiger partial charge in [0.15, 0.2) is 0 Å². The zero-order chi connectivity index (χ0) is 13.9. The van der Waals surface area contributed by atoms with E-state index in [0.29, 0.717) is 6.42 Å². The van der Waals surface area contributed by atoms with E-state index in [4.69, 9.17) is 4.74 Å². The first-order valence-electron chi connectivity index (χ1n) is 5.96. The fraction of sp³-hybridized carbons (Fsp3) is 0.267. The van der Waals surface area contributed by atoms with Gasteiger partial charge in [0.25, 0.3) is 0 Å². The average molecular weight is 276 g/mol. The lowest BCUT2D eigenvalue weighted by Crippen LogP contribution is -2.33. The first-order valence-corrected chi connectivity index (χ1v) is 6.84. The van der Waals surface area contributed by atoms with Crippen LogP contribution in [0.5, 0.6) is 5.75 Å². The van der Waals surface area contributed by atoms with Gasteiger partial charge in [-0.05, 0) is 42.5 Å². The van der Waals surface area contributed by atoms with Gasteiger partial charge < -0.3 is 9.84 Å². The molecule has 0 aliphatic rings. The van der Waals surface area contributed by atoms with E-state index in [2.05, 4.69) is 0 Å². The monoisotopic (exact) mass is 276 g/mol. The first-order chi connectivity index (χ1) is 9.06. The summed E-state index contributed by atoms with van der Waals surface area (Å²) >= 11 is 1.48. The van der Waals surface area contributed by atoms with Crippen LogP contribution < -0.4 is 4.74 Å². The molecule has 1 unspecified atom stereocenters. The van der Waals surface area contributed by atoms with E-state index in [1.165, 1.54) is 11.3 Å². The van der Waals surface area contributed by atoms with Crippen LogP contribution in [0.2, 0.25) is 0 Å². The van der Waals surface area contributed by atoms with E-state index in [-0.39, 0.29) is 0 Å². The standard InChI is InChI=1S/C15H16O3S/c1-15(14(16)17,13-7-4-8-19-13)10-11-5-3-6-12(9-11)18-2/h3-9H,10H2,1-2H3,(H,16,17). The minimum atomic E-state index is -0.902. The molecule has 3 nitrogen and oxygen atoms in total. The number of hydrogen-bond donors (Lipinski definition) is 1. The van der Waals surface area contributed by atoms with Gasteiger partial charge in [-0.2, -0.15) is 0 Å². The van der Waals surface area contributed by atoms with Crippen molar-refractivity contribution in [3.63, 3.8) is 0 Å². The second-order valence-electron chi connectivity index (χ2n) is 4.64. The highest BCUT2D eigenvalue weighted by Gasteiger charge is 2.36. The van der Waals surface area contributed by atoms with Crippen molar-refractivity contribution < 1.29 is 14.6 Å². The molecule has 0 saturated carbocycles. The molecule has 2 rings (SSSR count). The summed E-state index contributed by atoms with van der Waals surface area (Å²) in [6.45, 7) is 1.76. The average Bonchev–Trinajstić information content (AvgIpc) is 2.93. The summed E-state index contributed by atoms with van der Waals surface area (Å²) in [4.78, 5) is 12.5. The minimum absolute atomic E-state index is 0.444. The maximum absolute atomic E-state index is 11.7. The van der Waals surface area contributed by atoms with Gasteiger partial charge in [-0.25, -0.2) is 0 Å². The quantitative estimate of drug-likeness (QED) is 0.911. The van der Waals surface area contributed by atoms with Crippen molar-refractivity contribution in [1.82, 2.24) is 0 Å². The number of aliphatic carboxylic acids is 1. The number of hydrogen-bond acceptors (Lipinski definition) is 3. The zero-order valence-electron chi connectivity index (χ0n) is 10.9. The lowest BCUT2D eigenvalue weighted by atomic mass is 9.82. The molecule has 0 aliphatic heterocycles. The van der Waals surface area contributed by atoms with Crippen LogP contribution in [0.25, 0.3) is 0 Å². The van der Waals surface area contributed by atoms with Gasteiger partial charge in [0.1, 0.15) is 11.2 Å². The summed E-state index contributed by atoms with van der Waals surface area (Å²) in [7, 11) is 1.61. The maximum Gasteiger partial charge on any atom is 0.315 e. The van der Waals surface area contributed by atoms with Gasteiger partial charge in [0.2, 0.25) is 0 Å². The van der Waals surface area contributed by atoms with Crippen LogP contribution in [0.1, 0.15) is 17.4 Å². The lowest BCUT2D eigenvalue weighted by molar-refractivity contribution is -0.143. The van der Waals surface area contributed by atoms with E-state index in [1.54, 1.807) is 14.0 Å². The van der Waals surface area contributed by atoms with Gasteiger partial charge in [0, 0.05) is 4.88 Å². The number of carbonyl (C=O) groups is 1. The van der Waals surface area contributed by atoms with Crippen LogP contribution in [0.4, 0.5) is 0 Å². The third-order valence-corrected chi connectivity index (χ3v) is 4.36. The minimum Gasteiger partial charge on any atom is -0.497 e. The molecule has 19 heavy (non-hydrogen) atoms. The molecule has 2 aromatic rings. The number of benzene rings is 1. The van der Waals surface area contributed by atoms with Crippen LogP contribution >= 0.6 is 11.3 Å². The number of rotatable bonds is 5. The summed E-state index contributed by atoms with van der Waals surface area (Å²) < 4.78 is 5.18. The molecule has 0 aliphatic carbocycles. The summed E-state index contributed by atoms with van der Waals surface area (Å²) in [6.07, 6.45) is 0.444. The maximum atomic E-state index is 11.7. The van der Waals surface area contributed by atoms with Crippen LogP contribution in [-0.2, 0) is 16.6 Å². The fourth-order valence-electron chi connectivity index (χ4n) is 2.05. The van der Waals surface area contributed by atoms with Crippen LogP contribution in [-0.4, -0.2) is 18.2 Å². The van der Waals surface area contributed by atoms with E-state index in [0.717, 1.165) is 16.2 Å². The summed E-state index contributed by atoms with van der Waals surface area (Å²) in [6, 6.07) is 11.3. The molecule has 0 fully saturated rings. The van der Waals surface area contributed by atoms with Gasteiger partial charge in [-0.1, -0.05) is 18.2 Å². The number of carboxylic acids is 1. The highest BCUT2D eigenvalue weighted by molar-refractivity contribution is 7.10. The Morgan fingerprint density at radius 2 is 2.16 bits per heavy atom. The molecule has 0 radical (unpaired) electrons. The Morgan fingerprint density at radius 1 is 1.37 bits per heavy atom. The fourth-order valence-corrected chi connectivity index (χ4v) is 2.93. The van der Waals surface area contributed by atoms with Gasteiger partial charge >= 0.3 is 5.97 Å². The Morgan fingerprint density at radius 3 is 2.74 bits per heavy atom. The largest absolute Gasteiger partial charge is 0.497 e. The summed E-state index contributed by atoms with van der Waals surface area (Å²) in [5, 5.41) is 11.5. The Bertz CT molecular complexity index is 563. The normalized spacial score (nSPS) is 13.8. The van der Waals surface area contributed by atoms with Gasteiger partial charge in [-0.15, -0.1) is 11.3 Å². The van der Waals surface area contributed by atoms with Crippen molar-refractivity contribution in [3.05, 3.63) is 52.2 Å². The molecular weight excluding hydrogens is 260 g/mol. The van der Waals surface area contributed by atoms with Crippen molar-refractivity contribution >= 4 is 17.3 Å². The Hall–Kier alpha value is -1.81. The SMILES string of the molecule is COc1cccc(CC(C)(C(=O)O)c2cccs2)c1. The molecule has 1 atom stereocenters. The Balaban J connectivity index is 2.34. The van der Waals surface area contributed by atoms with Crippen LogP contribution in [0, 0.1) is 0 Å². The molecule has 0 spiro atoms. The van der Waals surface area contributed by atoms with Crippen molar-refractivity contribution in [3.8, 4) is 5.75 Å². The third-order valence-electron chi connectivity index (χ3n) is 3.23. The first kappa shape index (κ1) is 13.6. The van der Waals surface area contributed by atoms with E-state index in [1.807, 2.05) is 41.8 Å². The third kappa shape index (κ3) is 2.79. The zero-order valence-corrected chi connectivity index (χ0v) is 11.7. The smallest absolute Gasteiger partial charge is 0.315 e. The van der Waals surface area contributed by atoms with Crippen molar-refractivity contribution in [2.24, 2.45) is 0 Å². The van der Waals surface area contributed by atoms with Crippen LogP contribution in [0.3, 0.4) is 0 Å². The second-order valence-corrected chi connectivity index (χ2v) is 5.59. The molecule has 4 heteroatoms. The lowest BCUT2D eigenvalue weighted by Gasteiger charge is -2.23. The number of thiophene rings is 1. The Labute approximate surface area is 116 Å². The van der Waals surface area contributed by atoms with E-state index in [9.17, 15) is 9.90 Å². The molecule has 0 saturated heterocycles. The molecule has 1 aromatic heterocycles. The Kier molecular flexibility index (Phi) is 3.90. The summed E-state index contributed by atoms with van der Waals surface area (Å²) in [5.41, 5.74) is 0.0539. The summed E-state index contributed by atoms with van der Waals surface area (Å²) in [5.74, 6) is -0.0609. The van der Waals surface area contributed by atoms with E-state index < -0.39 is 11.4 Å². The molecule has 1 N–H and O–H groups in total. The molecule has 100 valence electrons. The number of carboxylic acid groups (broad SMARTS) is 1. The van der Waals surface area contributed by atoms with Gasteiger partial charge in [-0.3, -0.25) is 4.79 Å². The highest BCUT2D eigenvalue weighted by atomic mass is 32.1. The second kappa shape index (κ2) is 5.45. The van der Waals surface area contributed by atoms with Crippen LogP contribution in [0.15, 0.2) is 41.8 Å². The van der Waals surface area contributed by atoms with Gasteiger partial charge in [0.05, 0.1) is 7.11 Å². The molecular formula is C15H16O3S.